The first-order chi connectivity index (χ1) is 14.4. The summed E-state index contributed by atoms with van der Waals surface area (Å²) in [7, 11) is 1.22. The van der Waals surface area contributed by atoms with Gasteiger partial charge in [0.1, 0.15) is 11.8 Å². The molecule has 0 aliphatic heterocycles. The first-order valence-corrected chi connectivity index (χ1v) is 8.99. The number of nitrogens with one attached hydrogen (secondary N) is 1. The quantitative estimate of drug-likeness (QED) is 0.544. The van der Waals surface area contributed by atoms with Crippen molar-refractivity contribution in [1.82, 2.24) is 5.32 Å². The summed E-state index contributed by atoms with van der Waals surface area (Å²) >= 11 is 0. The molecule has 0 spiro atoms. The minimum atomic E-state index is -0.928. The molecule has 1 atom stereocenters. The zero-order valence-corrected chi connectivity index (χ0v) is 16.3. The molecule has 2 aromatic rings. The van der Waals surface area contributed by atoms with E-state index in [1.807, 2.05) is 30.3 Å². The number of ether oxygens (including phenoxy) is 3. The molecule has 0 unspecified atom stereocenters. The highest BCUT2D eigenvalue weighted by Gasteiger charge is 2.22. The molecule has 0 heterocycles. The summed E-state index contributed by atoms with van der Waals surface area (Å²) in [4.78, 5) is 47.2. The van der Waals surface area contributed by atoms with Crippen LogP contribution >= 0.6 is 0 Å². The smallest absolute Gasteiger partial charge is 0.344 e. The Balaban J connectivity index is 1.84. The summed E-state index contributed by atoms with van der Waals surface area (Å²) in [5, 5.41) is 2.48. The Morgan fingerprint density at radius 1 is 0.967 bits per heavy atom. The number of carbonyl (C=O) groups excluding carboxylic acids is 4. The van der Waals surface area contributed by atoms with Crippen LogP contribution in [0.4, 0.5) is 0 Å². The summed E-state index contributed by atoms with van der Waals surface area (Å²) in [5.41, 5.74) is 6.17. The summed E-state index contributed by atoms with van der Waals surface area (Å²) in [6.07, 6.45) is 0.222. The highest BCUT2D eigenvalue weighted by molar-refractivity contribution is 5.95. The van der Waals surface area contributed by atoms with Gasteiger partial charge in [0.05, 0.1) is 12.7 Å². The number of rotatable bonds is 10. The number of primary amides is 1. The maximum Gasteiger partial charge on any atom is 0.344 e. The Morgan fingerprint density at radius 2 is 1.63 bits per heavy atom. The molecule has 158 valence electrons. The number of benzene rings is 2. The second kappa shape index (κ2) is 11.2. The minimum absolute atomic E-state index is 0.116. The van der Waals surface area contributed by atoms with E-state index in [1.54, 1.807) is 12.1 Å². The monoisotopic (exact) mass is 414 g/mol. The number of para-hydroxylation sites is 1. The van der Waals surface area contributed by atoms with E-state index in [1.165, 1.54) is 19.2 Å². The molecule has 3 N–H and O–H groups in total. The number of hydrogen-bond acceptors (Lipinski definition) is 7. The highest BCUT2D eigenvalue weighted by atomic mass is 16.6. The van der Waals surface area contributed by atoms with Crippen LogP contribution in [0.15, 0.2) is 54.6 Å². The van der Waals surface area contributed by atoms with Crippen LogP contribution in [0.2, 0.25) is 0 Å². The van der Waals surface area contributed by atoms with E-state index in [9.17, 15) is 19.2 Å². The molecule has 9 heteroatoms. The maximum atomic E-state index is 12.1. The Hall–Kier alpha value is -3.88. The topological polar surface area (TPSA) is 134 Å². The molecule has 9 nitrogen and oxygen atoms in total. The standard InChI is InChI=1S/C21H22N2O7/c1-28-21(27)16(11-14-7-3-2-4-8-14)23-18(24)12-30-19(25)13-29-17-10-6-5-9-15(17)20(22)26/h2-10,16H,11-13H2,1H3,(H2,22,26)(H,23,24)/t16-/m1/s1. The molecule has 0 aromatic heterocycles. The lowest BCUT2D eigenvalue weighted by atomic mass is 10.1. The van der Waals surface area contributed by atoms with E-state index in [2.05, 4.69) is 5.32 Å². The molecule has 0 saturated heterocycles. The van der Waals surface area contributed by atoms with Gasteiger partial charge in [-0.3, -0.25) is 9.59 Å². The van der Waals surface area contributed by atoms with Crippen LogP contribution in [0.25, 0.3) is 0 Å². The molecule has 2 aromatic carbocycles. The summed E-state index contributed by atoms with van der Waals surface area (Å²) in [6, 6.07) is 14.3. The van der Waals surface area contributed by atoms with Crippen LogP contribution < -0.4 is 15.8 Å². The van der Waals surface area contributed by atoms with Crippen molar-refractivity contribution in [2.45, 2.75) is 12.5 Å². The Kier molecular flexibility index (Phi) is 8.37. The van der Waals surface area contributed by atoms with Gasteiger partial charge in [0.15, 0.2) is 13.2 Å². The second-order valence-corrected chi connectivity index (χ2v) is 6.14. The van der Waals surface area contributed by atoms with Gasteiger partial charge >= 0.3 is 11.9 Å². The second-order valence-electron chi connectivity index (χ2n) is 6.14. The van der Waals surface area contributed by atoms with Crippen molar-refractivity contribution in [3.05, 3.63) is 65.7 Å². The molecule has 0 radical (unpaired) electrons. The van der Waals surface area contributed by atoms with Crippen LogP contribution in [0.1, 0.15) is 15.9 Å². The predicted molar refractivity (Wildman–Crippen MR) is 106 cm³/mol. The Morgan fingerprint density at radius 3 is 2.30 bits per heavy atom. The molecule has 0 saturated carbocycles. The molecule has 0 aliphatic carbocycles. The third-order valence-electron chi connectivity index (χ3n) is 3.97. The number of esters is 2. The van der Waals surface area contributed by atoms with Crippen molar-refractivity contribution in [2.75, 3.05) is 20.3 Å². The van der Waals surface area contributed by atoms with Gasteiger partial charge in [0, 0.05) is 6.42 Å². The fraction of sp³-hybridized carbons (Fsp3) is 0.238. The van der Waals surface area contributed by atoms with E-state index in [4.69, 9.17) is 19.9 Å². The van der Waals surface area contributed by atoms with Gasteiger partial charge in [-0.2, -0.15) is 0 Å². The van der Waals surface area contributed by atoms with Crippen LogP contribution in [0.3, 0.4) is 0 Å². The Bertz CT molecular complexity index is 899. The largest absolute Gasteiger partial charge is 0.481 e. The number of amides is 2. The fourth-order valence-electron chi connectivity index (χ4n) is 2.54. The number of methoxy groups -OCH3 is 1. The minimum Gasteiger partial charge on any atom is -0.481 e. The lowest BCUT2D eigenvalue weighted by molar-refractivity contribution is -0.151. The predicted octanol–water partition coefficient (Wildman–Crippen LogP) is 0.608. The third kappa shape index (κ3) is 6.93. The lowest BCUT2D eigenvalue weighted by Gasteiger charge is -2.16. The van der Waals surface area contributed by atoms with Gasteiger partial charge in [-0.25, -0.2) is 9.59 Å². The van der Waals surface area contributed by atoms with Crippen LogP contribution in [-0.2, 0) is 30.3 Å². The van der Waals surface area contributed by atoms with Gasteiger partial charge in [0.25, 0.3) is 11.8 Å². The number of nitrogens with two attached hydrogens (primary N) is 1. The molecule has 0 bridgehead atoms. The Labute approximate surface area is 173 Å². The van der Waals surface area contributed by atoms with E-state index in [0.29, 0.717) is 0 Å². The van der Waals surface area contributed by atoms with Crippen molar-refractivity contribution >= 4 is 23.8 Å². The number of hydrogen-bond donors (Lipinski definition) is 2. The van der Waals surface area contributed by atoms with E-state index >= 15 is 0 Å². The van der Waals surface area contributed by atoms with Crippen LogP contribution in [0.5, 0.6) is 5.75 Å². The van der Waals surface area contributed by atoms with Gasteiger partial charge < -0.3 is 25.3 Å². The summed E-state index contributed by atoms with van der Waals surface area (Å²) in [6.45, 7) is -1.13. The molecule has 0 aliphatic rings. The van der Waals surface area contributed by atoms with Crippen molar-refractivity contribution in [3.8, 4) is 5.75 Å². The van der Waals surface area contributed by atoms with Crippen molar-refractivity contribution in [3.63, 3.8) is 0 Å². The van der Waals surface area contributed by atoms with E-state index in [0.717, 1.165) is 5.56 Å². The van der Waals surface area contributed by atoms with E-state index < -0.39 is 43.0 Å². The maximum absolute atomic E-state index is 12.1. The fourth-order valence-corrected chi connectivity index (χ4v) is 2.54. The molecular weight excluding hydrogens is 392 g/mol. The zero-order valence-electron chi connectivity index (χ0n) is 16.3. The van der Waals surface area contributed by atoms with Gasteiger partial charge in [0.2, 0.25) is 0 Å². The average molecular weight is 414 g/mol. The van der Waals surface area contributed by atoms with Gasteiger partial charge in [-0.15, -0.1) is 0 Å². The lowest BCUT2D eigenvalue weighted by Crippen LogP contribution is -2.44. The molecule has 2 rings (SSSR count). The first-order valence-electron chi connectivity index (χ1n) is 8.99. The number of carbonyl (C=O) groups is 4. The van der Waals surface area contributed by atoms with Crippen molar-refractivity contribution in [1.29, 1.82) is 0 Å². The summed E-state index contributed by atoms with van der Waals surface area (Å²) in [5.74, 6) is -2.70. The van der Waals surface area contributed by atoms with Crippen molar-refractivity contribution < 1.29 is 33.4 Å². The van der Waals surface area contributed by atoms with E-state index in [-0.39, 0.29) is 17.7 Å². The SMILES string of the molecule is COC(=O)[C@@H](Cc1ccccc1)NC(=O)COC(=O)COc1ccccc1C(N)=O. The van der Waals surface area contributed by atoms with Crippen LogP contribution in [-0.4, -0.2) is 50.1 Å². The van der Waals surface area contributed by atoms with Crippen LogP contribution in [0, 0.1) is 0 Å². The average Bonchev–Trinajstić information content (AvgIpc) is 2.76. The molecule has 30 heavy (non-hydrogen) atoms. The third-order valence-corrected chi connectivity index (χ3v) is 3.97. The van der Waals surface area contributed by atoms with Gasteiger partial charge in [-0.1, -0.05) is 42.5 Å². The molecule has 2 amide bonds. The van der Waals surface area contributed by atoms with Crippen molar-refractivity contribution in [2.24, 2.45) is 5.73 Å². The first kappa shape index (κ1) is 22.4. The van der Waals surface area contributed by atoms with Gasteiger partial charge in [-0.05, 0) is 17.7 Å². The molecular formula is C21H22N2O7. The summed E-state index contributed by atoms with van der Waals surface area (Å²) < 4.78 is 14.8. The normalized spacial score (nSPS) is 11.1. The highest BCUT2D eigenvalue weighted by Crippen LogP contribution is 2.17. The zero-order chi connectivity index (χ0) is 21.9. The molecule has 0 fully saturated rings.